The third-order valence-electron chi connectivity index (χ3n) is 4.66. The van der Waals surface area contributed by atoms with Gasteiger partial charge in [0.15, 0.2) is 5.60 Å². The number of anilines is 1. The molecule has 23 heavy (non-hydrogen) atoms. The third kappa shape index (κ3) is 2.85. The molecule has 1 N–H and O–H groups in total. The normalized spacial score (nSPS) is 21.3. The van der Waals surface area contributed by atoms with E-state index in [1.807, 2.05) is 0 Å². The van der Waals surface area contributed by atoms with E-state index in [4.69, 9.17) is 0 Å². The summed E-state index contributed by atoms with van der Waals surface area (Å²) in [7, 11) is 0. The fourth-order valence-electron chi connectivity index (χ4n) is 2.79. The van der Waals surface area contributed by atoms with Gasteiger partial charge in [0, 0.05) is 23.1 Å². The van der Waals surface area contributed by atoms with Crippen LogP contribution in [0.15, 0.2) is 23.1 Å². The molecule has 0 radical (unpaired) electrons. The summed E-state index contributed by atoms with van der Waals surface area (Å²) >= 11 is 1.42. The number of hydrogen-bond donors (Lipinski definition) is 1. The van der Waals surface area contributed by atoms with Gasteiger partial charge in [-0.25, -0.2) is 0 Å². The Hall–Kier alpha value is -1.21. The number of nitrogens with zero attached hydrogens (tertiary/aromatic N) is 1. The molecule has 3 rings (SSSR count). The van der Waals surface area contributed by atoms with Crippen molar-refractivity contribution in [3.63, 3.8) is 0 Å². The fourth-order valence-corrected chi connectivity index (χ4v) is 3.82. The second-order valence-electron chi connectivity index (χ2n) is 6.22. The molecule has 0 saturated heterocycles. The number of rotatable bonds is 2. The van der Waals surface area contributed by atoms with E-state index >= 15 is 0 Å². The van der Waals surface area contributed by atoms with Crippen molar-refractivity contribution in [3.8, 4) is 0 Å². The van der Waals surface area contributed by atoms with Gasteiger partial charge < -0.3 is 10.0 Å². The molecule has 0 spiro atoms. The van der Waals surface area contributed by atoms with E-state index in [2.05, 4.69) is 0 Å². The smallest absolute Gasteiger partial charge is 0.376 e. The molecule has 1 fully saturated rings. The molecule has 1 saturated carbocycles. The van der Waals surface area contributed by atoms with Crippen LogP contribution >= 0.6 is 11.8 Å². The van der Waals surface area contributed by atoms with E-state index in [-0.39, 0.29) is 17.4 Å². The van der Waals surface area contributed by atoms with Crippen LogP contribution in [0.5, 0.6) is 0 Å². The van der Waals surface area contributed by atoms with E-state index in [0.29, 0.717) is 22.9 Å². The van der Waals surface area contributed by atoms with Crippen molar-refractivity contribution in [2.24, 2.45) is 5.92 Å². The number of benzene rings is 1. The van der Waals surface area contributed by atoms with Gasteiger partial charge in [0.05, 0.1) is 5.69 Å². The topological polar surface area (TPSA) is 40.5 Å². The lowest BCUT2D eigenvalue weighted by molar-refractivity contribution is -0.258. The number of halogens is 3. The minimum absolute atomic E-state index is 0.0453. The molecular formula is C16H18F3NO2S. The number of amides is 1. The first-order valence-corrected chi connectivity index (χ1v) is 8.58. The molecule has 2 aliphatic rings. The maximum Gasteiger partial charge on any atom is 0.421 e. The predicted octanol–water partition coefficient (Wildman–Crippen LogP) is 3.70. The minimum Gasteiger partial charge on any atom is -0.376 e. The van der Waals surface area contributed by atoms with E-state index in [1.165, 1.54) is 30.0 Å². The SMILES string of the molecule is CC(O)(c1ccc2c(c1)SCCN2C(=O)C1CCC1)C(F)(F)F. The first kappa shape index (κ1) is 16.6. The van der Waals surface area contributed by atoms with Gasteiger partial charge in [-0.3, -0.25) is 4.79 Å². The molecule has 1 atom stereocenters. The predicted molar refractivity (Wildman–Crippen MR) is 82.5 cm³/mol. The van der Waals surface area contributed by atoms with Crippen molar-refractivity contribution in [2.75, 3.05) is 17.2 Å². The number of alkyl halides is 3. The van der Waals surface area contributed by atoms with Crippen molar-refractivity contribution in [3.05, 3.63) is 23.8 Å². The lowest BCUT2D eigenvalue weighted by atomic mass is 9.84. The van der Waals surface area contributed by atoms with Crippen molar-refractivity contribution >= 4 is 23.4 Å². The zero-order chi connectivity index (χ0) is 16.8. The van der Waals surface area contributed by atoms with Gasteiger partial charge in [0.25, 0.3) is 0 Å². The van der Waals surface area contributed by atoms with Crippen LogP contribution in [0, 0.1) is 5.92 Å². The van der Waals surface area contributed by atoms with E-state index in [9.17, 15) is 23.1 Å². The van der Waals surface area contributed by atoms with E-state index in [1.54, 1.807) is 4.90 Å². The summed E-state index contributed by atoms with van der Waals surface area (Å²) < 4.78 is 39.0. The summed E-state index contributed by atoms with van der Waals surface area (Å²) in [6.45, 7) is 1.32. The monoisotopic (exact) mass is 345 g/mol. The summed E-state index contributed by atoms with van der Waals surface area (Å²) in [6, 6.07) is 4.14. The molecule has 1 aliphatic carbocycles. The van der Waals surface area contributed by atoms with Crippen molar-refractivity contribution in [2.45, 2.75) is 42.9 Å². The molecule has 1 aromatic rings. The Morgan fingerprint density at radius 3 is 2.61 bits per heavy atom. The van der Waals surface area contributed by atoms with Gasteiger partial charge in [-0.1, -0.05) is 12.5 Å². The number of carbonyl (C=O) groups is 1. The van der Waals surface area contributed by atoms with Gasteiger partial charge in [-0.2, -0.15) is 13.2 Å². The van der Waals surface area contributed by atoms with Gasteiger partial charge in [-0.15, -0.1) is 11.8 Å². The molecule has 1 aliphatic heterocycles. The summed E-state index contributed by atoms with van der Waals surface area (Å²) in [5.74, 6) is 0.750. The molecule has 0 bridgehead atoms. The lowest BCUT2D eigenvalue weighted by Gasteiger charge is -2.36. The summed E-state index contributed by atoms with van der Waals surface area (Å²) in [5.41, 5.74) is -2.45. The quantitative estimate of drug-likeness (QED) is 0.889. The first-order chi connectivity index (χ1) is 10.7. The molecule has 3 nitrogen and oxygen atoms in total. The van der Waals surface area contributed by atoms with E-state index in [0.717, 1.165) is 26.2 Å². The number of thioether (sulfide) groups is 1. The van der Waals surface area contributed by atoms with Crippen LogP contribution in [0.2, 0.25) is 0 Å². The molecule has 1 heterocycles. The maximum atomic E-state index is 13.0. The molecule has 1 amide bonds. The molecule has 1 unspecified atom stereocenters. The average Bonchev–Trinajstić information content (AvgIpc) is 2.42. The third-order valence-corrected chi connectivity index (χ3v) is 5.68. The highest BCUT2D eigenvalue weighted by Gasteiger charge is 2.51. The zero-order valence-corrected chi connectivity index (χ0v) is 13.5. The second-order valence-corrected chi connectivity index (χ2v) is 7.36. The van der Waals surface area contributed by atoms with Crippen molar-refractivity contribution in [1.82, 2.24) is 0 Å². The maximum absolute atomic E-state index is 13.0. The Morgan fingerprint density at radius 1 is 1.35 bits per heavy atom. The van der Waals surface area contributed by atoms with E-state index < -0.39 is 11.8 Å². The standard InChI is InChI=1S/C16H18F3NO2S/c1-15(22,16(17,18)19)11-5-6-12-13(9-11)23-8-7-20(12)14(21)10-3-2-4-10/h5-6,9-10,22H,2-4,7-8H2,1H3. The highest BCUT2D eigenvalue weighted by Crippen LogP contribution is 2.43. The van der Waals surface area contributed by atoms with Crippen molar-refractivity contribution < 1.29 is 23.1 Å². The number of aliphatic hydroxyl groups is 1. The van der Waals surface area contributed by atoms with Gasteiger partial charge in [-0.05, 0) is 37.5 Å². The Balaban J connectivity index is 1.92. The Kier molecular flexibility index (Phi) is 4.13. The number of fused-ring (bicyclic) bond motifs is 1. The summed E-state index contributed by atoms with van der Waals surface area (Å²) in [6.07, 6.45) is -1.92. The Labute approximate surface area is 136 Å². The number of hydrogen-bond acceptors (Lipinski definition) is 3. The van der Waals surface area contributed by atoms with Gasteiger partial charge >= 0.3 is 6.18 Å². The highest BCUT2D eigenvalue weighted by molar-refractivity contribution is 7.99. The summed E-state index contributed by atoms with van der Waals surface area (Å²) in [5, 5.41) is 9.82. The van der Waals surface area contributed by atoms with Crippen LogP contribution in [0.3, 0.4) is 0 Å². The van der Waals surface area contributed by atoms with Crippen LogP contribution < -0.4 is 4.90 Å². The average molecular weight is 345 g/mol. The fraction of sp³-hybridized carbons (Fsp3) is 0.562. The van der Waals surface area contributed by atoms with Crippen LogP contribution in [-0.4, -0.2) is 29.5 Å². The number of carbonyl (C=O) groups excluding carboxylic acids is 1. The van der Waals surface area contributed by atoms with Gasteiger partial charge in [0.1, 0.15) is 0 Å². The van der Waals surface area contributed by atoms with Crippen molar-refractivity contribution in [1.29, 1.82) is 0 Å². The molecule has 126 valence electrons. The first-order valence-electron chi connectivity index (χ1n) is 7.59. The molecule has 1 aromatic carbocycles. The Morgan fingerprint density at radius 2 is 2.04 bits per heavy atom. The molecular weight excluding hydrogens is 327 g/mol. The largest absolute Gasteiger partial charge is 0.421 e. The van der Waals surface area contributed by atoms with Crippen LogP contribution in [0.4, 0.5) is 18.9 Å². The van der Waals surface area contributed by atoms with Gasteiger partial charge in [0.2, 0.25) is 5.91 Å². The van der Waals surface area contributed by atoms with Crippen LogP contribution in [-0.2, 0) is 10.4 Å². The Bertz CT molecular complexity index is 626. The molecule has 0 aromatic heterocycles. The second kappa shape index (κ2) is 5.70. The van der Waals surface area contributed by atoms with Crippen LogP contribution in [0.1, 0.15) is 31.7 Å². The lowest BCUT2D eigenvalue weighted by Crippen LogP contribution is -2.42. The zero-order valence-electron chi connectivity index (χ0n) is 12.7. The molecule has 7 heteroatoms. The van der Waals surface area contributed by atoms with Crippen LogP contribution in [0.25, 0.3) is 0 Å². The minimum atomic E-state index is -4.75. The summed E-state index contributed by atoms with van der Waals surface area (Å²) in [4.78, 5) is 14.8. The highest BCUT2D eigenvalue weighted by atomic mass is 32.2.